The summed E-state index contributed by atoms with van der Waals surface area (Å²) in [5.74, 6) is -0.0468. The summed E-state index contributed by atoms with van der Waals surface area (Å²) in [6.45, 7) is 0.496. The van der Waals surface area contributed by atoms with E-state index in [2.05, 4.69) is 25.3 Å². The number of halogens is 2. The van der Waals surface area contributed by atoms with Crippen molar-refractivity contribution in [3.8, 4) is 0 Å². The Kier molecular flexibility index (Phi) is 3.00. The van der Waals surface area contributed by atoms with Gasteiger partial charge in [-0.3, -0.25) is 4.98 Å². The molecule has 0 aliphatic heterocycles. The number of anilines is 1. The van der Waals surface area contributed by atoms with Crippen molar-refractivity contribution in [1.29, 1.82) is 0 Å². The molecule has 19 heavy (non-hydrogen) atoms. The van der Waals surface area contributed by atoms with Crippen molar-refractivity contribution in [3.05, 3.63) is 47.4 Å². The fraction of sp³-hybridized carbons (Fsp3) is 0.0833. The van der Waals surface area contributed by atoms with Gasteiger partial charge in [-0.1, -0.05) is 0 Å². The Bertz CT molecular complexity index is 713. The third-order valence-electron chi connectivity index (χ3n) is 2.67. The maximum Gasteiger partial charge on any atom is 0.226 e. The van der Waals surface area contributed by atoms with Crippen LogP contribution in [0.5, 0.6) is 0 Å². The predicted molar refractivity (Wildman–Crippen MR) is 70.4 cm³/mol. The molecule has 0 unspecified atom stereocenters. The molecule has 0 saturated carbocycles. The van der Waals surface area contributed by atoms with Crippen molar-refractivity contribution >= 4 is 28.5 Å². The van der Waals surface area contributed by atoms with E-state index in [4.69, 9.17) is 11.6 Å². The van der Waals surface area contributed by atoms with Gasteiger partial charge in [0.05, 0.1) is 5.39 Å². The molecule has 2 N–H and O–H groups in total. The molecule has 3 aromatic rings. The standard InChI is InChI=1S/C12H9ClFN5/c13-12-18-10(9-8(14)6-17-11(9)19-12)16-5-7-1-3-15-4-2-7/h1-4,6H,5H2,(H2,16,17,18,19). The van der Waals surface area contributed by atoms with E-state index in [0.29, 0.717) is 23.4 Å². The third kappa shape index (κ3) is 2.34. The second-order valence-corrected chi connectivity index (χ2v) is 4.25. The van der Waals surface area contributed by atoms with E-state index in [1.165, 1.54) is 6.20 Å². The first-order valence-electron chi connectivity index (χ1n) is 5.57. The van der Waals surface area contributed by atoms with Gasteiger partial charge >= 0.3 is 0 Å². The largest absolute Gasteiger partial charge is 0.365 e. The predicted octanol–water partition coefficient (Wildman–Crippen LogP) is 2.76. The summed E-state index contributed by atoms with van der Waals surface area (Å²) in [5, 5.41) is 3.41. The molecule has 5 nitrogen and oxygen atoms in total. The molecule has 0 aromatic carbocycles. The monoisotopic (exact) mass is 277 g/mol. The van der Waals surface area contributed by atoms with Crippen LogP contribution < -0.4 is 5.32 Å². The van der Waals surface area contributed by atoms with E-state index >= 15 is 0 Å². The number of aromatic nitrogens is 4. The zero-order valence-corrected chi connectivity index (χ0v) is 10.4. The van der Waals surface area contributed by atoms with Gasteiger partial charge in [0.2, 0.25) is 5.28 Å². The molecule has 0 fully saturated rings. The number of nitrogens with zero attached hydrogens (tertiary/aromatic N) is 3. The van der Waals surface area contributed by atoms with Gasteiger partial charge in [-0.05, 0) is 29.3 Å². The van der Waals surface area contributed by atoms with Gasteiger partial charge in [-0.25, -0.2) is 4.39 Å². The second kappa shape index (κ2) is 4.81. The van der Waals surface area contributed by atoms with E-state index in [0.717, 1.165) is 5.56 Å². The molecule has 3 rings (SSSR count). The number of fused-ring (bicyclic) bond motifs is 1. The van der Waals surface area contributed by atoms with Crippen LogP contribution in [0.2, 0.25) is 5.28 Å². The number of hydrogen-bond donors (Lipinski definition) is 2. The first-order valence-corrected chi connectivity index (χ1v) is 5.95. The molecule has 0 bridgehead atoms. The van der Waals surface area contributed by atoms with E-state index in [1.807, 2.05) is 12.1 Å². The van der Waals surface area contributed by atoms with Gasteiger partial charge in [0.25, 0.3) is 0 Å². The zero-order valence-electron chi connectivity index (χ0n) is 9.69. The van der Waals surface area contributed by atoms with E-state index in [9.17, 15) is 4.39 Å². The highest BCUT2D eigenvalue weighted by Gasteiger charge is 2.12. The summed E-state index contributed by atoms with van der Waals surface area (Å²) in [6.07, 6.45) is 4.61. The minimum Gasteiger partial charge on any atom is -0.365 e. The smallest absolute Gasteiger partial charge is 0.226 e. The summed E-state index contributed by atoms with van der Waals surface area (Å²) in [5.41, 5.74) is 1.38. The molecule has 0 atom stereocenters. The summed E-state index contributed by atoms with van der Waals surface area (Å²) in [6, 6.07) is 3.72. The molecule has 0 aliphatic rings. The van der Waals surface area contributed by atoms with Gasteiger partial charge in [0.15, 0.2) is 5.82 Å². The molecule has 96 valence electrons. The minimum absolute atomic E-state index is 0.0616. The number of rotatable bonds is 3. The molecular formula is C12H9ClFN5. The van der Waals surface area contributed by atoms with Crippen LogP contribution in [0.3, 0.4) is 0 Å². The van der Waals surface area contributed by atoms with Crippen LogP contribution in [0.4, 0.5) is 10.2 Å². The molecule has 3 aromatic heterocycles. The van der Waals surface area contributed by atoms with Crippen molar-refractivity contribution in [2.24, 2.45) is 0 Å². The highest BCUT2D eigenvalue weighted by Crippen LogP contribution is 2.24. The van der Waals surface area contributed by atoms with Crippen LogP contribution in [-0.2, 0) is 6.54 Å². The molecule has 7 heteroatoms. The summed E-state index contributed by atoms with van der Waals surface area (Å²) >= 11 is 5.80. The Balaban J connectivity index is 1.94. The fourth-order valence-corrected chi connectivity index (χ4v) is 1.95. The van der Waals surface area contributed by atoms with Crippen LogP contribution in [0.25, 0.3) is 11.0 Å². The number of hydrogen-bond acceptors (Lipinski definition) is 4. The Labute approximate surface area is 112 Å². The SMILES string of the molecule is Fc1c[nH]c2nc(Cl)nc(NCc3ccncc3)c12. The van der Waals surface area contributed by atoms with Crippen LogP contribution in [0.15, 0.2) is 30.7 Å². The van der Waals surface area contributed by atoms with Crippen LogP contribution in [0, 0.1) is 5.82 Å². The maximum absolute atomic E-state index is 13.7. The van der Waals surface area contributed by atoms with Crippen molar-refractivity contribution in [1.82, 2.24) is 19.9 Å². The van der Waals surface area contributed by atoms with Crippen LogP contribution in [0.1, 0.15) is 5.56 Å². The highest BCUT2D eigenvalue weighted by atomic mass is 35.5. The Hall–Kier alpha value is -2.21. The molecule has 0 spiro atoms. The lowest BCUT2D eigenvalue weighted by Crippen LogP contribution is -2.03. The van der Waals surface area contributed by atoms with Gasteiger partial charge in [0, 0.05) is 25.1 Å². The summed E-state index contributed by atoms with van der Waals surface area (Å²) in [4.78, 5) is 14.6. The number of pyridine rings is 1. The molecule has 0 saturated heterocycles. The molecular weight excluding hydrogens is 269 g/mol. The summed E-state index contributed by atoms with van der Waals surface area (Å²) in [7, 11) is 0. The topological polar surface area (TPSA) is 66.5 Å². The van der Waals surface area contributed by atoms with Crippen LogP contribution in [-0.4, -0.2) is 19.9 Å². The van der Waals surface area contributed by atoms with Crippen molar-refractivity contribution in [2.75, 3.05) is 5.32 Å². The van der Waals surface area contributed by atoms with Gasteiger partial charge in [-0.15, -0.1) is 0 Å². The average Bonchev–Trinajstić information content (AvgIpc) is 2.79. The van der Waals surface area contributed by atoms with Crippen molar-refractivity contribution in [3.63, 3.8) is 0 Å². The normalized spacial score (nSPS) is 10.8. The quantitative estimate of drug-likeness (QED) is 0.723. The van der Waals surface area contributed by atoms with E-state index in [1.54, 1.807) is 12.4 Å². The Morgan fingerprint density at radius 1 is 1.26 bits per heavy atom. The number of aromatic amines is 1. The first-order chi connectivity index (χ1) is 9.24. The maximum atomic E-state index is 13.7. The number of H-pyrrole nitrogens is 1. The lowest BCUT2D eigenvalue weighted by Gasteiger charge is -2.07. The Morgan fingerprint density at radius 3 is 2.84 bits per heavy atom. The Morgan fingerprint density at radius 2 is 2.05 bits per heavy atom. The fourth-order valence-electron chi connectivity index (χ4n) is 1.78. The van der Waals surface area contributed by atoms with Gasteiger partial charge < -0.3 is 10.3 Å². The molecule has 0 radical (unpaired) electrons. The van der Waals surface area contributed by atoms with Crippen molar-refractivity contribution in [2.45, 2.75) is 6.54 Å². The third-order valence-corrected chi connectivity index (χ3v) is 2.83. The summed E-state index contributed by atoms with van der Waals surface area (Å²) < 4.78 is 13.7. The van der Waals surface area contributed by atoms with Gasteiger partial charge in [-0.2, -0.15) is 9.97 Å². The minimum atomic E-state index is -0.413. The molecule has 0 aliphatic carbocycles. The van der Waals surface area contributed by atoms with Crippen LogP contribution >= 0.6 is 11.6 Å². The highest BCUT2D eigenvalue weighted by molar-refractivity contribution is 6.28. The lowest BCUT2D eigenvalue weighted by atomic mass is 10.2. The second-order valence-electron chi connectivity index (χ2n) is 3.91. The van der Waals surface area contributed by atoms with Crippen molar-refractivity contribution < 1.29 is 4.39 Å². The lowest BCUT2D eigenvalue weighted by molar-refractivity contribution is 0.639. The first kappa shape index (κ1) is 11.9. The molecule has 0 amide bonds. The van der Waals surface area contributed by atoms with Gasteiger partial charge in [0.1, 0.15) is 11.5 Å². The van der Waals surface area contributed by atoms with E-state index in [-0.39, 0.29) is 5.28 Å². The molecule has 3 heterocycles. The van der Waals surface area contributed by atoms with E-state index < -0.39 is 5.82 Å². The average molecular weight is 278 g/mol. The zero-order chi connectivity index (χ0) is 13.2. The number of nitrogens with one attached hydrogen (secondary N) is 2.